The molecule has 2 aromatic carbocycles. The molecule has 0 saturated carbocycles. The van der Waals surface area contributed by atoms with Gasteiger partial charge < -0.3 is 14.6 Å². The molecule has 1 unspecified atom stereocenters. The van der Waals surface area contributed by atoms with Crippen LogP contribution in [0, 0.1) is 6.92 Å². The fourth-order valence-electron chi connectivity index (χ4n) is 3.78. The van der Waals surface area contributed by atoms with Gasteiger partial charge in [0.05, 0.1) is 10.9 Å². The Balaban J connectivity index is 1.77. The molecule has 6 nitrogen and oxygen atoms in total. The molecule has 1 aromatic heterocycles. The third-order valence-corrected chi connectivity index (χ3v) is 5.41. The first-order valence-corrected chi connectivity index (χ1v) is 9.72. The fraction of sp³-hybridized carbons (Fsp3) is 0.261. The van der Waals surface area contributed by atoms with Gasteiger partial charge in [0.2, 0.25) is 5.91 Å². The molecule has 0 aliphatic carbocycles. The van der Waals surface area contributed by atoms with Gasteiger partial charge in [-0.15, -0.1) is 0 Å². The Kier molecular flexibility index (Phi) is 4.92. The van der Waals surface area contributed by atoms with Gasteiger partial charge in [-0.1, -0.05) is 36.4 Å². The summed E-state index contributed by atoms with van der Waals surface area (Å²) in [5.74, 6) is -0.0567. The van der Waals surface area contributed by atoms with E-state index in [0.29, 0.717) is 36.2 Å². The van der Waals surface area contributed by atoms with E-state index < -0.39 is 11.9 Å². The Morgan fingerprint density at radius 2 is 1.90 bits per heavy atom. The molecule has 1 N–H and O–H groups in total. The molecule has 4 rings (SSSR count). The summed E-state index contributed by atoms with van der Waals surface area (Å²) in [6.45, 7) is 4.88. The number of amides is 2. The van der Waals surface area contributed by atoms with Crippen LogP contribution in [0.15, 0.2) is 57.7 Å². The average molecular weight is 390 g/mol. The standard InChI is InChI=1S/C23H22N2O4/c1-3-25-13-12-18(23(25)28)24-22(27)17-11-7-10-16-19(26)14(2)20(29-21(16)17)15-8-5-4-6-9-15/h4-11,18H,3,12-13H2,1-2H3,(H,24,27). The number of rotatable bonds is 4. The van der Waals surface area contributed by atoms with Crippen LogP contribution in [0.1, 0.15) is 29.3 Å². The summed E-state index contributed by atoms with van der Waals surface area (Å²) >= 11 is 0. The first kappa shape index (κ1) is 18.9. The van der Waals surface area contributed by atoms with Crippen molar-refractivity contribution in [1.82, 2.24) is 10.2 Å². The summed E-state index contributed by atoms with van der Waals surface area (Å²) in [5, 5.41) is 3.15. The van der Waals surface area contributed by atoms with Gasteiger partial charge in [-0.3, -0.25) is 14.4 Å². The van der Waals surface area contributed by atoms with E-state index in [9.17, 15) is 14.4 Å². The molecule has 1 atom stereocenters. The van der Waals surface area contributed by atoms with Crippen LogP contribution in [0.4, 0.5) is 0 Å². The second-order valence-corrected chi connectivity index (χ2v) is 7.17. The number of fused-ring (bicyclic) bond motifs is 1. The highest BCUT2D eigenvalue weighted by Crippen LogP contribution is 2.27. The van der Waals surface area contributed by atoms with E-state index in [1.807, 2.05) is 37.3 Å². The van der Waals surface area contributed by atoms with Gasteiger partial charge in [0.25, 0.3) is 5.91 Å². The topological polar surface area (TPSA) is 79.6 Å². The molecule has 148 valence electrons. The summed E-state index contributed by atoms with van der Waals surface area (Å²) in [7, 11) is 0. The highest BCUT2D eigenvalue weighted by molar-refractivity contribution is 6.06. The van der Waals surface area contributed by atoms with Gasteiger partial charge in [0.15, 0.2) is 11.0 Å². The Morgan fingerprint density at radius 1 is 1.14 bits per heavy atom. The summed E-state index contributed by atoms with van der Waals surface area (Å²) in [6.07, 6.45) is 0.571. The first-order valence-electron chi connectivity index (χ1n) is 9.72. The largest absolute Gasteiger partial charge is 0.455 e. The van der Waals surface area contributed by atoms with Gasteiger partial charge in [-0.2, -0.15) is 0 Å². The Morgan fingerprint density at radius 3 is 2.59 bits per heavy atom. The van der Waals surface area contributed by atoms with Crippen molar-refractivity contribution in [1.29, 1.82) is 0 Å². The summed E-state index contributed by atoms with van der Waals surface area (Å²) in [5.41, 5.74) is 1.57. The molecule has 2 amide bonds. The van der Waals surface area contributed by atoms with Gasteiger partial charge in [0.1, 0.15) is 11.8 Å². The third-order valence-electron chi connectivity index (χ3n) is 5.41. The number of likely N-dealkylation sites (tertiary alicyclic amines) is 1. The molecule has 0 spiro atoms. The molecule has 6 heteroatoms. The van der Waals surface area contributed by atoms with Crippen LogP contribution >= 0.6 is 0 Å². The van der Waals surface area contributed by atoms with Crippen molar-refractivity contribution in [3.8, 4) is 11.3 Å². The summed E-state index contributed by atoms with van der Waals surface area (Å²) in [6, 6.07) is 13.7. The van der Waals surface area contributed by atoms with Crippen molar-refractivity contribution < 1.29 is 14.0 Å². The predicted molar refractivity (Wildman–Crippen MR) is 111 cm³/mol. The molecule has 0 bridgehead atoms. The predicted octanol–water partition coefficient (Wildman–Crippen LogP) is 3.12. The Hall–Kier alpha value is -3.41. The van der Waals surface area contributed by atoms with Gasteiger partial charge in [-0.05, 0) is 32.4 Å². The minimum atomic E-state index is -0.552. The van der Waals surface area contributed by atoms with E-state index in [0.717, 1.165) is 5.56 Å². The van der Waals surface area contributed by atoms with E-state index in [1.54, 1.807) is 30.0 Å². The van der Waals surface area contributed by atoms with E-state index in [-0.39, 0.29) is 22.5 Å². The average Bonchev–Trinajstić information content (AvgIpc) is 3.10. The quantitative estimate of drug-likeness (QED) is 0.742. The maximum absolute atomic E-state index is 13.0. The lowest BCUT2D eigenvalue weighted by molar-refractivity contribution is -0.129. The number of carbonyl (C=O) groups is 2. The lowest BCUT2D eigenvalue weighted by Gasteiger charge is -2.15. The van der Waals surface area contributed by atoms with E-state index >= 15 is 0 Å². The van der Waals surface area contributed by atoms with Crippen molar-refractivity contribution in [3.63, 3.8) is 0 Å². The lowest BCUT2D eigenvalue weighted by Crippen LogP contribution is -2.41. The number of carbonyl (C=O) groups excluding carboxylic acids is 2. The van der Waals surface area contributed by atoms with Crippen LogP contribution in [0.2, 0.25) is 0 Å². The fourth-order valence-corrected chi connectivity index (χ4v) is 3.78. The maximum atomic E-state index is 13.0. The molecular formula is C23H22N2O4. The highest BCUT2D eigenvalue weighted by Gasteiger charge is 2.32. The van der Waals surface area contributed by atoms with Crippen LogP contribution in [-0.2, 0) is 4.79 Å². The van der Waals surface area contributed by atoms with Gasteiger partial charge in [-0.25, -0.2) is 0 Å². The van der Waals surface area contributed by atoms with Crippen molar-refractivity contribution >= 4 is 22.8 Å². The molecule has 1 fully saturated rings. The lowest BCUT2D eigenvalue weighted by atomic mass is 10.0. The third kappa shape index (κ3) is 3.31. The molecule has 2 heterocycles. The first-order chi connectivity index (χ1) is 14.0. The number of nitrogens with one attached hydrogen (secondary N) is 1. The Bertz CT molecular complexity index is 1150. The molecule has 1 aliphatic rings. The minimum absolute atomic E-state index is 0.0802. The van der Waals surface area contributed by atoms with Crippen LogP contribution in [0.25, 0.3) is 22.3 Å². The zero-order valence-electron chi connectivity index (χ0n) is 16.4. The molecule has 29 heavy (non-hydrogen) atoms. The smallest absolute Gasteiger partial charge is 0.255 e. The number of benzene rings is 2. The zero-order valence-corrected chi connectivity index (χ0v) is 16.4. The van der Waals surface area contributed by atoms with Crippen LogP contribution < -0.4 is 10.7 Å². The maximum Gasteiger partial charge on any atom is 0.255 e. The monoisotopic (exact) mass is 390 g/mol. The molecule has 3 aromatic rings. The molecule has 1 saturated heterocycles. The normalized spacial score (nSPS) is 16.4. The number of hydrogen-bond acceptors (Lipinski definition) is 4. The molecular weight excluding hydrogens is 368 g/mol. The number of hydrogen-bond donors (Lipinski definition) is 1. The highest BCUT2D eigenvalue weighted by atomic mass is 16.3. The van der Waals surface area contributed by atoms with Gasteiger partial charge in [0, 0.05) is 24.2 Å². The summed E-state index contributed by atoms with van der Waals surface area (Å²) in [4.78, 5) is 39.9. The van der Waals surface area contributed by atoms with Crippen LogP contribution in [0.3, 0.4) is 0 Å². The van der Waals surface area contributed by atoms with Crippen molar-refractivity contribution in [2.45, 2.75) is 26.3 Å². The van der Waals surface area contributed by atoms with E-state index in [1.165, 1.54) is 0 Å². The SMILES string of the molecule is CCN1CCC(NC(=O)c2cccc3c(=O)c(C)c(-c4ccccc4)oc23)C1=O. The number of para-hydroxylation sites is 1. The van der Waals surface area contributed by atoms with Crippen molar-refractivity contribution in [2.75, 3.05) is 13.1 Å². The second kappa shape index (κ2) is 7.54. The van der Waals surface area contributed by atoms with Crippen molar-refractivity contribution in [3.05, 3.63) is 69.9 Å². The minimum Gasteiger partial charge on any atom is -0.455 e. The summed E-state index contributed by atoms with van der Waals surface area (Å²) < 4.78 is 6.09. The second-order valence-electron chi connectivity index (χ2n) is 7.17. The zero-order chi connectivity index (χ0) is 20.5. The van der Waals surface area contributed by atoms with E-state index in [2.05, 4.69) is 5.32 Å². The number of nitrogens with zero attached hydrogens (tertiary/aromatic N) is 1. The molecule has 0 radical (unpaired) electrons. The molecule has 1 aliphatic heterocycles. The van der Waals surface area contributed by atoms with Crippen LogP contribution in [0.5, 0.6) is 0 Å². The Labute approximate surface area is 168 Å². The van der Waals surface area contributed by atoms with E-state index in [4.69, 9.17) is 4.42 Å². The van der Waals surface area contributed by atoms with Crippen LogP contribution in [-0.4, -0.2) is 35.8 Å². The van der Waals surface area contributed by atoms with Gasteiger partial charge >= 0.3 is 0 Å². The number of likely N-dealkylation sites (N-methyl/N-ethyl adjacent to an activating group) is 1. The van der Waals surface area contributed by atoms with Crippen molar-refractivity contribution in [2.24, 2.45) is 0 Å².